The molecule has 98 valence electrons. The van der Waals surface area contributed by atoms with Crippen molar-refractivity contribution in [3.8, 4) is 5.75 Å². The largest absolute Gasteiger partial charge is 0.490 e. The molecule has 3 rings (SSSR count). The Morgan fingerprint density at radius 2 is 2.05 bits per heavy atom. The van der Waals surface area contributed by atoms with Crippen molar-refractivity contribution >= 4 is 11.6 Å². The Morgan fingerprint density at radius 3 is 2.79 bits per heavy atom. The molecule has 1 fully saturated rings. The van der Waals surface area contributed by atoms with Crippen LogP contribution in [-0.2, 0) is 0 Å². The number of hydrogen-bond donors (Lipinski definition) is 2. The highest BCUT2D eigenvalue weighted by atomic mass is 16.5. The van der Waals surface area contributed by atoms with Gasteiger partial charge in [-0.3, -0.25) is 0 Å². The lowest BCUT2D eigenvalue weighted by Crippen LogP contribution is -2.09. The quantitative estimate of drug-likeness (QED) is 0.875. The molecule has 2 unspecified atom stereocenters. The van der Waals surface area contributed by atoms with E-state index in [1.807, 2.05) is 6.07 Å². The molecule has 3 N–H and O–H groups in total. The van der Waals surface area contributed by atoms with E-state index in [1.54, 1.807) is 7.11 Å². The van der Waals surface area contributed by atoms with Crippen molar-refractivity contribution in [1.29, 1.82) is 0 Å². The van der Waals surface area contributed by atoms with Crippen LogP contribution in [0.4, 0.5) is 11.6 Å². The van der Waals surface area contributed by atoms with Crippen LogP contribution in [-0.4, -0.2) is 23.1 Å². The van der Waals surface area contributed by atoms with Gasteiger partial charge in [-0.1, -0.05) is 30.3 Å². The van der Waals surface area contributed by atoms with Crippen molar-refractivity contribution in [2.45, 2.75) is 18.4 Å². The van der Waals surface area contributed by atoms with Gasteiger partial charge in [0.2, 0.25) is 5.75 Å². The summed E-state index contributed by atoms with van der Waals surface area (Å²) in [7, 11) is 1.57. The van der Waals surface area contributed by atoms with Crippen molar-refractivity contribution in [3.63, 3.8) is 0 Å². The lowest BCUT2D eigenvalue weighted by atomic mass is 10.1. The number of aromatic nitrogens is 2. The number of hydrogen-bond acceptors (Lipinski definition) is 5. The minimum absolute atomic E-state index is 0.358. The monoisotopic (exact) mass is 256 g/mol. The summed E-state index contributed by atoms with van der Waals surface area (Å²) in [5, 5.41) is 3.37. The summed E-state index contributed by atoms with van der Waals surface area (Å²) in [6.45, 7) is 0. The average Bonchev–Trinajstić information content (AvgIpc) is 3.19. The Morgan fingerprint density at radius 1 is 1.26 bits per heavy atom. The number of anilines is 2. The van der Waals surface area contributed by atoms with Crippen molar-refractivity contribution < 1.29 is 4.74 Å². The van der Waals surface area contributed by atoms with E-state index < -0.39 is 0 Å². The van der Waals surface area contributed by atoms with Gasteiger partial charge in [-0.05, 0) is 12.0 Å². The molecule has 5 heteroatoms. The van der Waals surface area contributed by atoms with Crippen molar-refractivity contribution in [2.24, 2.45) is 0 Å². The maximum atomic E-state index is 5.76. The Bertz CT molecular complexity index is 573. The predicted octanol–water partition coefficient (Wildman–Crippen LogP) is 2.04. The molecule has 0 radical (unpaired) electrons. The highest BCUT2D eigenvalue weighted by Gasteiger charge is 2.39. The van der Waals surface area contributed by atoms with E-state index in [-0.39, 0.29) is 0 Å². The van der Waals surface area contributed by atoms with E-state index in [2.05, 4.69) is 39.6 Å². The Kier molecular flexibility index (Phi) is 2.95. The molecule has 1 heterocycles. The van der Waals surface area contributed by atoms with Crippen LogP contribution >= 0.6 is 0 Å². The third kappa shape index (κ3) is 2.31. The Labute approximate surface area is 111 Å². The molecular formula is C14H16N4O. The zero-order chi connectivity index (χ0) is 13.2. The van der Waals surface area contributed by atoms with Gasteiger partial charge in [0.1, 0.15) is 6.33 Å². The first kappa shape index (κ1) is 11.8. The van der Waals surface area contributed by atoms with Crippen molar-refractivity contribution in [1.82, 2.24) is 9.97 Å². The van der Waals surface area contributed by atoms with Crippen LogP contribution in [0.25, 0.3) is 0 Å². The van der Waals surface area contributed by atoms with Crippen molar-refractivity contribution in [2.75, 3.05) is 18.2 Å². The standard InChI is InChI=1S/C14H16N4O/c1-19-12-13(15)16-8-17-14(12)18-11-7-10(11)9-5-3-2-4-6-9/h2-6,8,10-11H,7H2,1H3,(H3,15,16,17,18). The summed E-state index contributed by atoms with van der Waals surface area (Å²) >= 11 is 0. The molecule has 1 aliphatic rings. The summed E-state index contributed by atoms with van der Waals surface area (Å²) in [5.74, 6) is 2.07. The van der Waals surface area contributed by atoms with Gasteiger partial charge < -0.3 is 15.8 Å². The second-order valence-corrected chi connectivity index (χ2v) is 4.64. The zero-order valence-corrected chi connectivity index (χ0v) is 10.7. The number of nitrogens with zero attached hydrogens (tertiary/aromatic N) is 2. The van der Waals surface area contributed by atoms with Gasteiger partial charge in [-0.2, -0.15) is 0 Å². The molecular weight excluding hydrogens is 240 g/mol. The van der Waals surface area contributed by atoms with E-state index >= 15 is 0 Å². The predicted molar refractivity (Wildman–Crippen MR) is 74.2 cm³/mol. The Hall–Kier alpha value is -2.30. The molecule has 0 aliphatic heterocycles. The van der Waals surface area contributed by atoms with Gasteiger partial charge in [0.15, 0.2) is 11.6 Å². The maximum absolute atomic E-state index is 5.76. The number of nitrogens with two attached hydrogens (primary N) is 1. The van der Waals surface area contributed by atoms with Gasteiger partial charge in [0.05, 0.1) is 7.11 Å². The normalized spacial score (nSPS) is 20.9. The fourth-order valence-electron chi connectivity index (χ4n) is 2.29. The van der Waals surface area contributed by atoms with E-state index in [9.17, 15) is 0 Å². The highest BCUT2D eigenvalue weighted by Crippen LogP contribution is 2.43. The highest BCUT2D eigenvalue weighted by molar-refractivity contribution is 5.62. The van der Waals surface area contributed by atoms with Gasteiger partial charge in [-0.15, -0.1) is 0 Å². The summed E-state index contributed by atoms with van der Waals surface area (Å²) in [6.07, 6.45) is 2.54. The van der Waals surface area contributed by atoms with Crippen LogP contribution in [0.2, 0.25) is 0 Å². The third-order valence-corrected chi connectivity index (χ3v) is 3.38. The van der Waals surface area contributed by atoms with E-state index in [4.69, 9.17) is 10.5 Å². The Balaban J connectivity index is 1.73. The lowest BCUT2D eigenvalue weighted by Gasteiger charge is -2.10. The minimum Gasteiger partial charge on any atom is -0.490 e. The van der Waals surface area contributed by atoms with Crippen LogP contribution in [0.5, 0.6) is 5.75 Å². The second-order valence-electron chi connectivity index (χ2n) is 4.64. The van der Waals surface area contributed by atoms with E-state index in [0.29, 0.717) is 29.3 Å². The maximum Gasteiger partial charge on any atom is 0.203 e. The van der Waals surface area contributed by atoms with E-state index in [1.165, 1.54) is 11.9 Å². The number of methoxy groups -OCH3 is 1. The molecule has 0 spiro atoms. The average molecular weight is 256 g/mol. The summed E-state index contributed by atoms with van der Waals surface area (Å²) in [6, 6.07) is 10.8. The molecule has 1 saturated carbocycles. The fourth-order valence-corrected chi connectivity index (χ4v) is 2.29. The van der Waals surface area contributed by atoms with Gasteiger partial charge in [-0.25, -0.2) is 9.97 Å². The van der Waals surface area contributed by atoms with Gasteiger partial charge >= 0.3 is 0 Å². The molecule has 1 aromatic heterocycles. The van der Waals surface area contributed by atoms with Crippen LogP contribution in [0.3, 0.4) is 0 Å². The topological polar surface area (TPSA) is 73.1 Å². The van der Waals surface area contributed by atoms with Gasteiger partial charge in [0, 0.05) is 12.0 Å². The molecule has 0 amide bonds. The van der Waals surface area contributed by atoms with Crippen LogP contribution in [0.15, 0.2) is 36.7 Å². The van der Waals surface area contributed by atoms with E-state index in [0.717, 1.165) is 6.42 Å². The number of nitrogens with one attached hydrogen (secondary N) is 1. The minimum atomic E-state index is 0.358. The molecule has 0 bridgehead atoms. The van der Waals surface area contributed by atoms with Gasteiger partial charge in [0.25, 0.3) is 0 Å². The molecule has 2 atom stereocenters. The molecule has 0 saturated heterocycles. The molecule has 19 heavy (non-hydrogen) atoms. The lowest BCUT2D eigenvalue weighted by molar-refractivity contribution is 0.415. The third-order valence-electron chi connectivity index (χ3n) is 3.38. The number of rotatable bonds is 4. The smallest absolute Gasteiger partial charge is 0.203 e. The first-order chi connectivity index (χ1) is 9.29. The SMILES string of the molecule is COc1c(N)ncnc1NC1CC1c1ccccc1. The van der Waals surface area contributed by atoms with Crippen LogP contribution in [0, 0.1) is 0 Å². The molecule has 5 nitrogen and oxygen atoms in total. The molecule has 1 aliphatic carbocycles. The first-order valence-electron chi connectivity index (χ1n) is 6.25. The second kappa shape index (κ2) is 4.76. The zero-order valence-electron chi connectivity index (χ0n) is 10.7. The number of nitrogen functional groups attached to an aromatic ring is 1. The fraction of sp³-hybridized carbons (Fsp3) is 0.286. The van der Waals surface area contributed by atoms with Crippen molar-refractivity contribution in [3.05, 3.63) is 42.2 Å². The summed E-state index contributed by atoms with van der Waals surface area (Å²) < 4.78 is 5.23. The van der Waals surface area contributed by atoms with Crippen LogP contribution in [0.1, 0.15) is 17.9 Å². The molecule has 1 aromatic carbocycles. The number of benzene rings is 1. The summed E-state index contributed by atoms with van der Waals surface area (Å²) in [4.78, 5) is 8.11. The first-order valence-corrected chi connectivity index (χ1v) is 6.25. The number of ether oxygens (including phenoxy) is 1. The van der Waals surface area contributed by atoms with Crippen LogP contribution < -0.4 is 15.8 Å². The molecule has 2 aromatic rings. The summed E-state index contributed by atoms with van der Waals surface area (Å²) in [5.41, 5.74) is 7.11.